The second-order valence-corrected chi connectivity index (χ2v) is 3.56. The van der Waals surface area contributed by atoms with Gasteiger partial charge in [-0.2, -0.15) is 0 Å². The van der Waals surface area contributed by atoms with E-state index in [0.717, 1.165) is 10.2 Å². The minimum absolute atomic E-state index is 0.511. The highest BCUT2D eigenvalue weighted by molar-refractivity contribution is 9.11. The van der Waals surface area contributed by atoms with Crippen LogP contribution >= 0.6 is 15.9 Å². The Balaban J connectivity index is 4.22. The molecule has 0 aromatic heterocycles. The lowest BCUT2D eigenvalue weighted by Gasteiger charge is -2.00. The first-order chi connectivity index (χ1) is 5.07. The van der Waals surface area contributed by atoms with Gasteiger partial charge in [0.2, 0.25) is 0 Å². The average molecular weight is 216 g/mol. The second kappa shape index (κ2) is 5.30. The Bertz CT molecular complexity index is 190. The van der Waals surface area contributed by atoms with Crippen molar-refractivity contribution in [2.24, 2.45) is 10.9 Å². The Hall–Kier alpha value is -0.370. The molecular formula is C9H14BrN. The third-order valence-corrected chi connectivity index (χ3v) is 1.95. The van der Waals surface area contributed by atoms with Crippen molar-refractivity contribution in [2.75, 3.05) is 0 Å². The van der Waals surface area contributed by atoms with Gasteiger partial charge < -0.3 is 0 Å². The van der Waals surface area contributed by atoms with Gasteiger partial charge in [0.15, 0.2) is 0 Å². The van der Waals surface area contributed by atoms with E-state index in [0.29, 0.717) is 5.92 Å². The fourth-order valence-electron chi connectivity index (χ4n) is 0.365. The van der Waals surface area contributed by atoms with Crippen molar-refractivity contribution in [3.8, 4) is 0 Å². The maximum atomic E-state index is 4.23. The van der Waals surface area contributed by atoms with E-state index in [1.54, 1.807) is 12.3 Å². The Labute approximate surface area is 77.0 Å². The minimum Gasteiger partial charge on any atom is -0.265 e. The number of halogens is 1. The van der Waals surface area contributed by atoms with Gasteiger partial charge >= 0.3 is 0 Å². The molecule has 0 saturated heterocycles. The van der Waals surface area contributed by atoms with E-state index in [9.17, 15) is 0 Å². The van der Waals surface area contributed by atoms with Crippen LogP contribution in [0.15, 0.2) is 28.3 Å². The molecule has 0 fully saturated rings. The average Bonchev–Trinajstić information content (AvgIpc) is 1.99. The zero-order chi connectivity index (χ0) is 8.85. The maximum Gasteiger partial charge on any atom is 0.0409 e. The quantitative estimate of drug-likeness (QED) is 0.505. The van der Waals surface area contributed by atoms with Crippen LogP contribution in [0.2, 0.25) is 0 Å². The van der Waals surface area contributed by atoms with Gasteiger partial charge in [0.05, 0.1) is 0 Å². The van der Waals surface area contributed by atoms with Crippen LogP contribution < -0.4 is 0 Å². The molecule has 0 radical (unpaired) electrons. The molecule has 11 heavy (non-hydrogen) atoms. The standard InChI is InChI=1S/C9H14BrN/c1-5-9(10)6-11-8(4)7(2)3/h5-7H,1H2,2-4H3/b9-6+,11-8+. The first kappa shape index (κ1) is 10.6. The summed E-state index contributed by atoms with van der Waals surface area (Å²) in [5, 5.41) is 0. The lowest BCUT2D eigenvalue weighted by Crippen LogP contribution is -2.00. The number of aliphatic imine (C=N–C) groups is 1. The van der Waals surface area contributed by atoms with E-state index in [4.69, 9.17) is 0 Å². The van der Waals surface area contributed by atoms with Crippen LogP contribution in [0.4, 0.5) is 0 Å². The molecule has 1 nitrogen and oxygen atoms in total. The Morgan fingerprint density at radius 3 is 2.45 bits per heavy atom. The predicted molar refractivity (Wildman–Crippen MR) is 55.2 cm³/mol. The van der Waals surface area contributed by atoms with E-state index in [1.807, 2.05) is 6.92 Å². The Kier molecular flexibility index (Phi) is 5.12. The van der Waals surface area contributed by atoms with Crippen LogP contribution in [0, 0.1) is 5.92 Å². The zero-order valence-electron chi connectivity index (χ0n) is 7.26. The topological polar surface area (TPSA) is 12.4 Å². The van der Waals surface area contributed by atoms with Crippen molar-refractivity contribution in [1.82, 2.24) is 0 Å². The van der Waals surface area contributed by atoms with Crippen LogP contribution in [-0.2, 0) is 0 Å². The molecule has 0 saturated carbocycles. The first-order valence-corrected chi connectivity index (χ1v) is 4.39. The molecule has 0 heterocycles. The molecule has 0 aromatic rings. The normalized spacial score (nSPS) is 13.9. The number of hydrogen-bond donors (Lipinski definition) is 0. The molecule has 0 atom stereocenters. The van der Waals surface area contributed by atoms with Crippen LogP contribution in [0.3, 0.4) is 0 Å². The van der Waals surface area contributed by atoms with Crippen molar-refractivity contribution >= 4 is 21.6 Å². The molecule has 62 valence electrons. The molecular weight excluding hydrogens is 202 g/mol. The minimum atomic E-state index is 0.511. The molecule has 0 aliphatic heterocycles. The number of allylic oxidation sites excluding steroid dienone is 2. The molecule has 0 aromatic carbocycles. The maximum absolute atomic E-state index is 4.23. The summed E-state index contributed by atoms with van der Waals surface area (Å²) in [6.45, 7) is 9.86. The lowest BCUT2D eigenvalue weighted by atomic mass is 10.1. The van der Waals surface area contributed by atoms with E-state index in [-0.39, 0.29) is 0 Å². The predicted octanol–water partition coefficient (Wildman–Crippen LogP) is 3.53. The summed E-state index contributed by atoms with van der Waals surface area (Å²) >= 11 is 3.29. The van der Waals surface area contributed by atoms with Crippen molar-refractivity contribution in [3.05, 3.63) is 23.3 Å². The van der Waals surface area contributed by atoms with E-state index < -0.39 is 0 Å². The number of nitrogens with zero attached hydrogens (tertiary/aromatic N) is 1. The van der Waals surface area contributed by atoms with Gasteiger partial charge in [-0.05, 0) is 28.8 Å². The summed E-state index contributed by atoms with van der Waals surface area (Å²) in [7, 11) is 0. The lowest BCUT2D eigenvalue weighted by molar-refractivity contribution is 0.878. The van der Waals surface area contributed by atoms with Crippen LogP contribution in [-0.4, -0.2) is 5.71 Å². The summed E-state index contributed by atoms with van der Waals surface area (Å²) < 4.78 is 0.914. The van der Waals surface area contributed by atoms with E-state index >= 15 is 0 Å². The summed E-state index contributed by atoms with van der Waals surface area (Å²) in [5.41, 5.74) is 1.13. The van der Waals surface area contributed by atoms with Crippen molar-refractivity contribution in [3.63, 3.8) is 0 Å². The van der Waals surface area contributed by atoms with Gasteiger partial charge in [-0.25, -0.2) is 0 Å². The molecule has 0 aliphatic carbocycles. The van der Waals surface area contributed by atoms with Crippen LogP contribution in [0.5, 0.6) is 0 Å². The van der Waals surface area contributed by atoms with E-state index in [2.05, 4.69) is 41.3 Å². The van der Waals surface area contributed by atoms with Crippen molar-refractivity contribution in [2.45, 2.75) is 20.8 Å². The van der Waals surface area contributed by atoms with Crippen molar-refractivity contribution < 1.29 is 0 Å². The zero-order valence-corrected chi connectivity index (χ0v) is 8.85. The molecule has 0 spiro atoms. The number of rotatable bonds is 3. The molecule has 2 heteroatoms. The van der Waals surface area contributed by atoms with Crippen LogP contribution in [0.1, 0.15) is 20.8 Å². The number of hydrogen-bond acceptors (Lipinski definition) is 1. The summed E-state index contributed by atoms with van der Waals surface area (Å²) in [5.74, 6) is 0.511. The molecule has 0 amide bonds. The summed E-state index contributed by atoms with van der Waals surface area (Å²) in [4.78, 5) is 4.23. The van der Waals surface area contributed by atoms with Crippen molar-refractivity contribution in [1.29, 1.82) is 0 Å². The van der Waals surface area contributed by atoms with Gasteiger partial charge in [0.25, 0.3) is 0 Å². The smallest absolute Gasteiger partial charge is 0.0409 e. The molecule has 0 bridgehead atoms. The van der Waals surface area contributed by atoms with Gasteiger partial charge in [-0.3, -0.25) is 4.99 Å². The molecule has 0 unspecified atom stereocenters. The summed E-state index contributed by atoms with van der Waals surface area (Å²) in [6, 6.07) is 0. The van der Waals surface area contributed by atoms with Gasteiger partial charge in [0, 0.05) is 16.4 Å². The SMILES string of the molecule is C=C/C(Br)=C\N=C(/C)C(C)C. The third kappa shape index (κ3) is 4.96. The van der Waals surface area contributed by atoms with Gasteiger partial charge in [0.1, 0.15) is 0 Å². The fraction of sp³-hybridized carbons (Fsp3) is 0.444. The summed E-state index contributed by atoms with van der Waals surface area (Å²) in [6.07, 6.45) is 3.49. The Morgan fingerprint density at radius 1 is 1.55 bits per heavy atom. The van der Waals surface area contributed by atoms with Gasteiger partial charge in [-0.15, -0.1) is 0 Å². The molecule has 0 aliphatic rings. The monoisotopic (exact) mass is 215 g/mol. The largest absolute Gasteiger partial charge is 0.265 e. The Morgan fingerprint density at radius 2 is 2.09 bits per heavy atom. The van der Waals surface area contributed by atoms with Gasteiger partial charge in [-0.1, -0.05) is 26.5 Å². The molecule has 0 rings (SSSR count). The van der Waals surface area contributed by atoms with E-state index in [1.165, 1.54) is 0 Å². The fourth-order valence-corrected chi connectivity index (χ4v) is 0.468. The molecule has 0 N–H and O–H groups in total. The highest BCUT2D eigenvalue weighted by Gasteiger charge is 1.94. The highest BCUT2D eigenvalue weighted by Crippen LogP contribution is 2.06. The highest BCUT2D eigenvalue weighted by atomic mass is 79.9. The first-order valence-electron chi connectivity index (χ1n) is 3.60. The third-order valence-electron chi connectivity index (χ3n) is 1.42. The second-order valence-electron chi connectivity index (χ2n) is 2.64. The van der Waals surface area contributed by atoms with Crippen LogP contribution in [0.25, 0.3) is 0 Å².